The fourth-order valence-corrected chi connectivity index (χ4v) is 2.80. The maximum Gasteiger partial charge on any atom is 0.250 e. The van der Waals surface area contributed by atoms with Crippen molar-refractivity contribution in [1.29, 1.82) is 0 Å². The molecule has 0 heterocycles. The van der Waals surface area contributed by atoms with Crippen LogP contribution in [0, 0.1) is 5.82 Å². The first-order valence-corrected chi connectivity index (χ1v) is 8.56. The van der Waals surface area contributed by atoms with Crippen molar-refractivity contribution < 1.29 is 23.4 Å². The highest BCUT2D eigenvalue weighted by molar-refractivity contribution is 8.00. The largest absolute Gasteiger partial charge is 0.496 e. The van der Waals surface area contributed by atoms with Gasteiger partial charge in [0.15, 0.2) is 11.5 Å². The molecule has 26 heavy (non-hydrogen) atoms. The van der Waals surface area contributed by atoms with Crippen molar-refractivity contribution in [2.75, 3.05) is 27.1 Å². The van der Waals surface area contributed by atoms with Gasteiger partial charge >= 0.3 is 0 Å². The van der Waals surface area contributed by atoms with E-state index in [0.29, 0.717) is 27.7 Å². The maximum atomic E-state index is 13.5. The van der Waals surface area contributed by atoms with E-state index >= 15 is 0 Å². The number of benzene rings is 2. The fourth-order valence-electron chi connectivity index (χ4n) is 2.06. The van der Waals surface area contributed by atoms with Gasteiger partial charge in [-0.25, -0.2) is 9.82 Å². The average Bonchev–Trinajstić information content (AvgIpc) is 2.66. The van der Waals surface area contributed by atoms with Gasteiger partial charge in [0, 0.05) is 16.5 Å². The number of hydrazone groups is 1. The molecule has 0 bridgehead atoms. The summed E-state index contributed by atoms with van der Waals surface area (Å²) in [6.07, 6.45) is 1.44. The van der Waals surface area contributed by atoms with Crippen LogP contribution in [0.5, 0.6) is 17.2 Å². The van der Waals surface area contributed by atoms with Crippen molar-refractivity contribution in [3.8, 4) is 17.2 Å². The molecule has 0 aliphatic carbocycles. The van der Waals surface area contributed by atoms with E-state index in [4.69, 9.17) is 14.2 Å². The van der Waals surface area contributed by atoms with Crippen molar-refractivity contribution in [2.24, 2.45) is 5.10 Å². The summed E-state index contributed by atoms with van der Waals surface area (Å²) in [4.78, 5) is 12.3. The molecule has 0 spiro atoms. The van der Waals surface area contributed by atoms with Crippen LogP contribution < -0.4 is 19.6 Å². The van der Waals surface area contributed by atoms with E-state index in [0.717, 1.165) is 11.8 Å². The van der Waals surface area contributed by atoms with E-state index in [-0.39, 0.29) is 17.5 Å². The van der Waals surface area contributed by atoms with Crippen LogP contribution in [0.1, 0.15) is 5.56 Å². The normalized spacial score (nSPS) is 10.6. The van der Waals surface area contributed by atoms with Crippen LogP contribution in [-0.4, -0.2) is 39.2 Å². The smallest absolute Gasteiger partial charge is 0.250 e. The first kappa shape index (κ1) is 19.6. The molecule has 0 saturated heterocycles. The molecule has 0 aliphatic heterocycles. The number of ether oxygens (including phenoxy) is 3. The van der Waals surface area contributed by atoms with Gasteiger partial charge in [-0.1, -0.05) is 12.1 Å². The van der Waals surface area contributed by atoms with E-state index in [9.17, 15) is 9.18 Å². The number of carbonyl (C=O) groups is 1. The van der Waals surface area contributed by atoms with Crippen LogP contribution in [0.2, 0.25) is 0 Å². The predicted molar refractivity (Wildman–Crippen MR) is 99.0 cm³/mol. The van der Waals surface area contributed by atoms with Gasteiger partial charge in [0.1, 0.15) is 11.6 Å². The number of nitrogens with zero attached hydrogens (tertiary/aromatic N) is 1. The zero-order valence-corrected chi connectivity index (χ0v) is 15.4. The van der Waals surface area contributed by atoms with Crippen LogP contribution in [0.4, 0.5) is 4.39 Å². The highest BCUT2D eigenvalue weighted by atomic mass is 32.2. The Balaban J connectivity index is 1.99. The Labute approximate surface area is 155 Å². The molecule has 0 radical (unpaired) electrons. The van der Waals surface area contributed by atoms with E-state index in [1.54, 1.807) is 30.3 Å². The Morgan fingerprint density at radius 2 is 1.77 bits per heavy atom. The molecule has 1 amide bonds. The van der Waals surface area contributed by atoms with Gasteiger partial charge in [0.05, 0.1) is 33.3 Å². The number of amides is 1. The van der Waals surface area contributed by atoms with E-state index in [2.05, 4.69) is 10.5 Å². The standard InChI is InChI=1S/C18H19FN2O4S/c1-23-14-9-16(25-3)15(24-2)8-12(14)10-20-21-18(22)11-26-17-7-5-4-6-13(17)19/h4-10H,11H2,1-3H3,(H,21,22)/b20-10+. The fraction of sp³-hybridized carbons (Fsp3) is 0.222. The molecule has 8 heteroatoms. The molecule has 2 rings (SSSR count). The van der Waals surface area contributed by atoms with Crippen molar-refractivity contribution in [3.05, 3.63) is 47.8 Å². The first-order chi connectivity index (χ1) is 12.6. The van der Waals surface area contributed by atoms with Gasteiger partial charge < -0.3 is 14.2 Å². The SMILES string of the molecule is COc1cc(OC)c(OC)cc1/C=N/NC(=O)CSc1ccccc1F. The molecule has 1 N–H and O–H groups in total. The molecule has 0 unspecified atom stereocenters. The summed E-state index contributed by atoms with van der Waals surface area (Å²) in [7, 11) is 4.56. The molecule has 138 valence electrons. The lowest BCUT2D eigenvalue weighted by molar-refractivity contribution is -0.118. The number of thioether (sulfide) groups is 1. The second-order valence-corrected chi connectivity index (χ2v) is 5.98. The Kier molecular flexibility index (Phi) is 7.28. The number of hydrogen-bond donors (Lipinski definition) is 1. The Morgan fingerprint density at radius 1 is 1.12 bits per heavy atom. The average molecular weight is 378 g/mol. The van der Waals surface area contributed by atoms with Gasteiger partial charge in [0.25, 0.3) is 0 Å². The number of carbonyl (C=O) groups excluding carboxylic acids is 1. The zero-order valence-electron chi connectivity index (χ0n) is 14.6. The first-order valence-electron chi connectivity index (χ1n) is 7.58. The predicted octanol–water partition coefficient (Wildman–Crippen LogP) is 3.09. The Hall–Kier alpha value is -2.74. The second-order valence-electron chi connectivity index (χ2n) is 4.96. The monoisotopic (exact) mass is 378 g/mol. The molecule has 0 aliphatic rings. The van der Waals surface area contributed by atoms with Crippen molar-refractivity contribution in [1.82, 2.24) is 5.43 Å². The van der Waals surface area contributed by atoms with Crippen molar-refractivity contribution in [3.63, 3.8) is 0 Å². The van der Waals surface area contributed by atoms with Crippen molar-refractivity contribution in [2.45, 2.75) is 4.90 Å². The van der Waals surface area contributed by atoms with Crippen LogP contribution in [0.15, 0.2) is 46.4 Å². The van der Waals surface area contributed by atoms with Crippen molar-refractivity contribution >= 4 is 23.9 Å². The van der Waals surface area contributed by atoms with Gasteiger partial charge in [0.2, 0.25) is 5.91 Å². The van der Waals surface area contributed by atoms with Gasteiger partial charge in [-0.3, -0.25) is 4.79 Å². The van der Waals surface area contributed by atoms with Crippen LogP contribution in [-0.2, 0) is 4.79 Å². The van der Waals surface area contributed by atoms with E-state index < -0.39 is 0 Å². The maximum absolute atomic E-state index is 13.5. The highest BCUT2D eigenvalue weighted by Gasteiger charge is 2.11. The Bertz CT molecular complexity index is 799. The zero-order chi connectivity index (χ0) is 18.9. The highest BCUT2D eigenvalue weighted by Crippen LogP contribution is 2.33. The van der Waals surface area contributed by atoms with Gasteiger partial charge in [-0.15, -0.1) is 11.8 Å². The lowest BCUT2D eigenvalue weighted by atomic mass is 10.2. The molecule has 0 atom stereocenters. The molecule has 0 saturated carbocycles. The second kappa shape index (κ2) is 9.67. The third-order valence-corrected chi connectivity index (χ3v) is 4.37. The van der Waals surface area contributed by atoms with Gasteiger partial charge in [-0.05, 0) is 18.2 Å². The number of hydrogen-bond acceptors (Lipinski definition) is 6. The van der Waals surface area contributed by atoms with Crippen LogP contribution >= 0.6 is 11.8 Å². The summed E-state index contributed by atoms with van der Waals surface area (Å²) < 4.78 is 29.2. The third kappa shape index (κ3) is 5.13. The Morgan fingerprint density at radius 3 is 2.42 bits per heavy atom. The molecule has 2 aromatic carbocycles. The minimum atomic E-state index is -0.358. The number of rotatable bonds is 8. The lowest BCUT2D eigenvalue weighted by Crippen LogP contribution is -2.19. The quantitative estimate of drug-likeness (QED) is 0.434. The van der Waals surface area contributed by atoms with Gasteiger partial charge in [-0.2, -0.15) is 5.10 Å². The summed E-state index contributed by atoms with van der Waals surface area (Å²) in [5.41, 5.74) is 3.00. The molecular weight excluding hydrogens is 359 g/mol. The summed E-state index contributed by atoms with van der Waals surface area (Å²) in [6.45, 7) is 0. The molecule has 0 aromatic heterocycles. The van der Waals surface area contributed by atoms with E-state index in [1.165, 1.54) is 33.6 Å². The minimum Gasteiger partial charge on any atom is -0.496 e. The summed E-state index contributed by atoms with van der Waals surface area (Å²) in [5.74, 6) is 0.878. The number of halogens is 1. The summed E-state index contributed by atoms with van der Waals surface area (Å²) in [6, 6.07) is 9.62. The van der Waals surface area contributed by atoms with Crippen LogP contribution in [0.3, 0.4) is 0 Å². The molecule has 0 fully saturated rings. The van der Waals surface area contributed by atoms with Crippen LogP contribution in [0.25, 0.3) is 0 Å². The summed E-state index contributed by atoms with van der Waals surface area (Å²) in [5, 5.41) is 3.91. The number of methoxy groups -OCH3 is 3. The summed E-state index contributed by atoms with van der Waals surface area (Å²) >= 11 is 1.10. The molecule has 2 aromatic rings. The number of nitrogens with one attached hydrogen (secondary N) is 1. The minimum absolute atomic E-state index is 0.0430. The van der Waals surface area contributed by atoms with E-state index in [1.807, 2.05) is 0 Å². The third-order valence-electron chi connectivity index (χ3n) is 3.32. The lowest BCUT2D eigenvalue weighted by Gasteiger charge is -2.11. The topological polar surface area (TPSA) is 69.2 Å². The molecular formula is C18H19FN2O4S. The molecule has 6 nitrogen and oxygen atoms in total.